The van der Waals surface area contributed by atoms with Crippen LogP contribution in [0.1, 0.15) is 21.9 Å². The van der Waals surface area contributed by atoms with Crippen molar-refractivity contribution in [3.8, 4) is 0 Å². The lowest BCUT2D eigenvalue weighted by molar-refractivity contribution is 0.0755. The molecule has 0 unspecified atom stereocenters. The SMILES string of the molecule is Cc1[nH]cnc1CN1Cn2c(cc3cc(Cl)ccc32)C1=O. The van der Waals surface area contributed by atoms with Gasteiger partial charge in [-0.1, -0.05) is 11.6 Å². The number of aromatic nitrogens is 3. The van der Waals surface area contributed by atoms with E-state index < -0.39 is 0 Å². The van der Waals surface area contributed by atoms with E-state index in [9.17, 15) is 4.79 Å². The number of rotatable bonds is 2. The molecule has 0 saturated heterocycles. The van der Waals surface area contributed by atoms with Gasteiger partial charge in [0.15, 0.2) is 0 Å². The van der Waals surface area contributed by atoms with Crippen molar-refractivity contribution in [3.63, 3.8) is 0 Å². The number of fused-ring (bicyclic) bond motifs is 3. The molecule has 0 bridgehead atoms. The zero-order valence-corrected chi connectivity index (χ0v) is 12.2. The van der Waals surface area contributed by atoms with Crippen LogP contribution in [0.5, 0.6) is 0 Å². The van der Waals surface area contributed by atoms with Crippen molar-refractivity contribution in [3.05, 3.63) is 52.7 Å². The highest BCUT2D eigenvalue weighted by Gasteiger charge is 2.29. The summed E-state index contributed by atoms with van der Waals surface area (Å²) in [4.78, 5) is 21.6. The third-order valence-corrected chi connectivity index (χ3v) is 4.19. The molecule has 4 rings (SSSR count). The van der Waals surface area contributed by atoms with Crippen LogP contribution in [0.2, 0.25) is 5.02 Å². The number of carbonyl (C=O) groups excluding carboxylic acids is 1. The van der Waals surface area contributed by atoms with Crippen molar-refractivity contribution in [2.24, 2.45) is 0 Å². The Morgan fingerprint density at radius 3 is 3.00 bits per heavy atom. The molecule has 1 amide bonds. The molecular formula is C15H13ClN4O. The summed E-state index contributed by atoms with van der Waals surface area (Å²) in [6.07, 6.45) is 1.66. The lowest BCUT2D eigenvalue weighted by Gasteiger charge is -2.14. The number of halogens is 1. The predicted molar refractivity (Wildman–Crippen MR) is 80.1 cm³/mol. The van der Waals surface area contributed by atoms with Gasteiger partial charge in [-0.3, -0.25) is 4.79 Å². The van der Waals surface area contributed by atoms with Crippen molar-refractivity contribution in [2.75, 3.05) is 0 Å². The summed E-state index contributed by atoms with van der Waals surface area (Å²) in [5.74, 6) is 0.0322. The van der Waals surface area contributed by atoms with Gasteiger partial charge in [-0.05, 0) is 31.2 Å². The van der Waals surface area contributed by atoms with Gasteiger partial charge in [0.05, 0.1) is 30.8 Å². The third kappa shape index (κ3) is 1.85. The van der Waals surface area contributed by atoms with E-state index in [-0.39, 0.29) is 5.91 Å². The maximum absolute atomic E-state index is 12.5. The van der Waals surface area contributed by atoms with Gasteiger partial charge in [0.1, 0.15) is 5.69 Å². The second-order valence-corrected chi connectivity index (χ2v) is 5.72. The highest BCUT2D eigenvalue weighted by Crippen LogP contribution is 2.29. The molecule has 0 aliphatic carbocycles. The average molecular weight is 301 g/mol. The summed E-state index contributed by atoms with van der Waals surface area (Å²) >= 11 is 6.00. The number of hydrogen-bond acceptors (Lipinski definition) is 2. The first-order chi connectivity index (χ1) is 10.1. The van der Waals surface area contributed by atoms with Crippen LogP contribution in [0.25, 0.3) is 10.9 Å². The van der Waals surface area contributed by atoms with E-state index in [1.165, 1.54) is 0 Å². The lowest BCUT2D eigenvalue weighted by Crippen LogP contribution is -2.24. The van der Waals surface area contributed by atoms with E-state index in [2.05, 4.69) is 9.97 Å². The Bertz CT molecular complexity index is 864. The number of hydrogen-bond donors (Lipinski definition) is 1. The fraction of sp³-hybridized carbons (Fsp3) is 0.200. The minimum atomic E-state index is 0.0322. The lowest BCUT2D eigenvalue weighted by atomic mass is 10.2. The van der Waals surface area contributed by atoms with Crippen LogP contribution < -0.4 is 0 Å². The molecule has 1 aliphatic rings. The number of nitrogens with one attached hydrogen (secondary N) is 1. The number of benzene rings is 1. The summed E-state index contributed by atoms with van der Waals surface area (Å²) in [5, 5.41) is 1.68. The van der Waals surface area contributed by atoms with Crippen LogP contribution in [-0.2, 0) is 13.2 Å². The van der Waals surface area contributed by atoms with Crippen LogP contribution in [0.15, 0.2) is 30.6 Å². The Kier molecular flexibility index (Phi) is 2.59. The number of aryl methyl sites for hydroxylation is 1. The van der Waals surface area contributed by atoms with Gasteiger partial charge in [0.2, 0.25) is 0 Å². The van der Waals surface area contributed by atoms with Gasteiger partial charge in [-0.2, -0.15) is 0 Å². The van der Waals surface area contributed by atoms with Gasteiger partial charge in [0, 0.05) is 16.1 Å². The maximum Gasteiger partial charge on any atom is 0.272 e. The van der Waals surface area contributed by atoms with Gasteiger partial charge in [-0.25, -0.2) is 4.98 Å². The normalized spacial score (nSPS) is 14.2. The largest absolute Gasteiger partial charge is 0.348 e. The van der Waals surface area contributed by atoms with Crippen molar-refractivity contribution < 1.29 is 4.79 Å². The second-order valence-electron chi connectivity index (χ2n) is 5.28. The predicted octanol–water partition coefficient (Wildman–Crippen LogP) is 2.94. The quantitative estimate of drug-likeness (QED) is 0.791. The van der Waals surface area contributed by atoms with Crippen LogP contribution in [0, 0.1) is 6.92 Å². The minimum absolute atomic E-state index is 0.0322. The molecule has 0 fully saturated rings. The molecule has 5 nitrogen and oxygen atoms in total. The second kappa shape index (κ2) is 4.36. The van der Waals surface area contributed by atoms with Crippen molar-refractivity contribution >= 4 is 28.4 Å². The van der Waals surface area contributed by atoms with E-state index in [0.29, 0.717) is 23.9 Å². The van der Waals surface area contributed by atoms with E-state index >= 15 is 0 Å². The molecule has 21 heavy (non-hydrogen) atoms. The minimum Gasteiger partial charge on any atom is -0.348 e. The standard InChI is InChI=1S/C15H13ClN4O/c1-9-12(18-7-17-9)6-19-8-20-13-3-2-11(16)4-10(13)5-14(20)15(19)21/h2-5,7H,6,8H2,1H3,(H,17,18). The zero-order valence-electron chi connectivity index (χ0n) is 11.4. The molecule has 1 aromatic carbocycles. The summed E-state index contributed by atoms with van der Waals surface area (Å²) in [6.45, 7) is 3.02. The average Bonchev–Trinajstić information content (AvgIpc) is 3.09. The molecular weight excluding hydrogens is 288 g/mol. The summed E-state index contributed by atoms with van der Waals surface area (Å²) in [6, 6.07) is 7.60. The Morgan fingerprint density at radius 1 is 1.38 bits per heavy atom. The smallest absolute Gasteiger partial charge is 0.272 e. The Labute approximate surface area is 126 Å². The molecule has 3 heterocycles. The van der Waals surface area contributed by atoms with Gasteiger partial charge >= 0.3 is 0 Å². The molecule has 106 valence electrons. The highest BCUT2D eigenvalue weighted by atomic mass is 35.5. The van der Waals surface area contributed by atoms with Crippen molar-refractivity contribution in [1.82, 2.24) is 19.4 Å². The molecule has 2 aromatic heterocycles. The molecule has 6 heteroatoms. The van der Waals surface area contributed by atoms with Crippen molar-refractivity contribution in [1.29, 1.82) is 0 Å². The van der Waals surface area contributed by atoms with Crippen LogP contribution in [0.4, 0.5) is 0 Å². The van der Waals surface area contributed by atoms with E-state index in [0.717, 1.165) is 22.3 Å². The van der Waals surface area contributed by atoms with E-state index in [1.54, 1.807) is 11.2 Å². The molecule has 3 aromatic rings. The van der Waals surface area contributed by atoms with Crippen LogP contribution in [0.3, 0.4) is 0 Å². The number of nitrogens with zero attached hydrogens (tertiary/aromatic N) is 3. The Balaban J connectivity index is 1.70. The molecule has 0 atom stereocenters. The monoisotopic (exact) mass is 300 g/mol. The first-order valence-corrected chi connectivity index (χ1v) is 7.08. The van der Waals surface area contributed by atoms with Crippen LogP contribution >= 0.6 is 11.6 Å². The maximum atomic E-state index is 12.5. The van der Waals surface area contributed by atoms with E-state index in [1.807, 2.05) is 35.8 Å². The zero-order chi connectivity index (χ0) is 14.6. The topological polar surface area (TPSA) is 53.9 Å². The number of aromatic amines is 1. The summed E-state index contributed by atoms with van der Waals surface area (Å²) < 4.78 is 2.02. The Hall–Kier alpha value is -2.27. The molecule has 1 aliphatic heterocycles. The number of H-pyrrole nitrogens is 1. The number of imidazole rings is 1. The number of carbonyl (C=O) groups is 1. The van der Waals surface area contributed by atoms with Gasteiger partial charge in [0.25, 0.3) is 5.91 Å². The van der Waals surface area contributed by atoms with Crippen molar-refractivity contribution in [2.45, 2.75) is 20.1 Å². The third-order valence-electron chi connectivity index (χ3n) is 3.96. The van der Waals surface area contributed by atoms with E-state index in [4.69, 9.17) is 11.6 Å². The first-order valence-electron chi connectivity index (χ1n) is 6.70. The number of amides is 1. The fourth-order valence-corrected chi connectivity index (χ4v) is 3.00. The molecule has 0 radical (unpaired) electrons. The molecule has 0 spiro atoms. The van der Waals surface area contributed by atoms with Crippen LogP contribution in [-0.4, -0.2) is 25.3 Å². The summed E-state index contributed by atoms with van der Waals surface area (Å²) in [5.41, 5.74) is 3.64. The Morgan fingerprint density at radius 2 is 2.24 bits per heavy atom. The summed E-state index contributed by atoms with van der Waals surface area (Å²) in [7, 11) is 0. The van der Waals surface area contributed by atoms with Gasteiger partial charge < -0.3 is 14.5 Å². The first kappa shape index (κ1) is 12.5. The molecule has 0 saturated carbocycles. The fourth-order valence-electron chi connectivity index (χ4n) is 2.82. The highest BCUT2D eigenvalue weighted by molar-refractivity contribution is 6.31. The van der Waals surface area contributed by atoms with Gasteiger partial charge in [-0.15, -0.1) is 0 Å². The molecule has 1 N–H and O–H groups in total.